The van der Waals surface area contributed by atoms with Crippen LogP contribution in [0.5, 0.6) is 5.75 Å². The molecule has 166 valence electrons. The van der Waals surface area contributed by atoms with Crippen LogP contribution in [0.25, 0.3) is 0 Å². The number of fused-ring (bicyclic) bond motifs is 1. The summed E-state index contributed by atoms with van der Waals surface area (Å²) in [6.45, 7) is 5.13. The van der Waals surface area contributed by atoms with Crippen molar-refractivity contribution in [2.75, 3.05) is 25.1 Å². The summed E-state index contributed by atoms with van der Waals surface area (Å²) in [5.41, 5.74) is 3.45. The summed E-state index contributed by atoms with van der Waals surface area (Å²) in [5.74, 6) is -1.02. The van der Waals surface area contributed by atoms with Crippen molar-refractivity contribution in [2.24, 2.45) is 0 Å². The summed E-state index contributed by atoms with van der Waals surface area (Å²) < 4.78 is 15.6. The minimum Gasteiger partial charge on any atom is -0.482 e. The second-order valence-corrected chi connectivity index (χ2v) is 8.56. The van der Waals surface area contributed by atoms with Crippen molar-refractivity contribution in [3.05, 3.63) is 45.3 Å². The minimum atomic E-state index is -0.648. The molecule has 3 rings (SSSR count). The van der Waals surface area contributed by atoms with Gasteiger partial charge in [0.15, 0.2) is 13.2 Å². The number of thiophene rings is 1. The number of hydrogen-bond donors (Lipinski definition) is 1. The zero-order chi connectivity index (χ0) is 22.4. The Kier molecular flexibility index (Phi) is 7.68. The van der Waals surface area contributed by atoms with Gasteiger partial charge in [-0.25, -0.2) is 9.59 Å². The van der Waals surface area contributed by atoms with E-state index in [1.54, 1.807) is 6.92 Å². The van der Waals surface area contributed by atoms with Crippen LogP contribution in [0.2, 0.25) is 0 Å². The number of esters is 2. The molecule has 1 aliphatic rings. The Morgan fingerprint density at radius 1 is 1.00 bits per heavy atom. The molecular weight excluding hydrogens is 418 g/mol. The molecule has 0 saturated carbocycles. The highest BCUT2D eigenvalue weighted by molar-refractivity contribution is 7.17. The minimum absolute atomic E-state index is 0.259. The predicted molar refractivity (Wildman–Crippen MR) is 118 cm³/mol. The quantitative estimate of drug-likeness (QED) is 0.618. The monoisotopic (exact) mass is 445 g/mol. The maximum absolute atomic E-state index is 12.4. The van der Waals surface area contributed by atoms with Gasteiger partial charge in [0.25, 0.3) is 5.91 Å². The third-order valence-corrected chi connectivity index (χ3v) is 6.03. The van der Waals surface area contributed by atoms with Crippen LogP contribution in [0.1, 0.15) is 51.7 Å². The van der Waals surface area contributed by atoms with Gasteiger partial charge in [-0.05, 0) is 75.3 Å². The first-order chi connectivity index (χ1) is 14.9. The average molecular weight is 446 g/mol. The Labute approximate surface area is 185 Å². The average Bonchev–Trinajstić information content (AvgIpc) is 3.08. The Morgan fingerprint density at radius 2 is 1.71 bits per heavy atom. The molecule has 31 heavy (non-hydrogen) atoms. The van der Waals surface area contributed by atoms with E-state index in [1.807, 2.05) is 32.0 Å². The van der Waals surface area contributed by atoms with Crippen molar-refractivity contribution >= 4 is 34.2 Å². The molecule has 1 aromatic carbocycles. The molecule has 0 spiro atoms. The van der Waals surface area contributed by atoms with Crippen LogP contribution >= 0.6 is 11.3 Å². The van der Waals surface area contributed by atoms with Crippen molar-refractivity contribution < 1.29 is 28.6 Å². The zero-order valence-electron chi connectivity index (χ0n) is 18.0. The summed E-state index contributed by atoms with van der Waals surface area (Å²) in [6, 6.07) is 5.65. The maximum atomic E-state index is 12.4. The molecule has 7 nitrogen and oxygen atoms in total. The zero-order valence-corrected chi connectivity index (χ0v) is 18.9. The molecule has 0 radical (unpaired) electrons. The second kappa shape index (κ2) is 10.4. The molecule has 1 aliphatic carbocycles. The Balaban J connectivity index is 1.56. The molecule has 0 aliphatic heterocycles. The molecule has 2 aromatic rings. The van der Waals surface area contributed by atoms with E-state index in [4.69, 9.17) is 14.2 Å². The molecule has 0 saturated heterocycles. The topological polar surface area (TPSA) is 90.9 Å². The van der Waals surface area contributed by atoms with Crippen LogP contribution in [0.3, 0.4) is 0 Å². The molecule has 0 fully saturated rings. The molecule has 1 N–H and O–H groups in total. The van der Waals surface area contributed by atoms with Crippen LogP contribution in [0.4, 0.5) is 5.00 Å². The van der Waals surface area contributed by atoms with Crippen LogP contribution in [-0.4, -0.2) is 37.7 Å². The number of carbonyl (C=O) groups is 3. The van der Waals surface area contributed by atoms with Crippen LogP contribution in [0, 0.1) is 13.8 Å². The van der Waals surface area contributed by atoms with Crippen LogP contribution in [0.15, 0.2) is 18.2 Å². The van der Waals surface area contributed by atoms with E-state index in [0.29, 0.717) is 16.3 Å². The fourth-order valence-corrected chi connectivity index (χ4v) is 4.88. The van der Waals surface area contributed by atoms with Gasteiger partial charge in [0.1, 0.15) is 10.8 Å². The van der Waals surface area contributed by atoms with Crippen LogP contribution < -0.4 is 10.1 Å². The summed E-state index contributed by atoms with van der Waals surface area (Å²) in [6.07, 6.45) is 3.73. The van der Waals surface area contributed by atoms with Gasteiger partial charge in [0, 0.05) is 4.88 Å². The summed E-state index contributed by atoms with van der Waals surface area (Å²) in [7, 11) is 0. The fourth-order valence-electron chi connectivity index (χ4n) is 3.58. The lowest BCUT2D eigenvalue weighted by Gasteiger charge is -2.12. The summed E-state index contributed by atoms with van der Waals surface area (Å²) >= 11 is 1.39. The summed E-state index contributed by atoms with van der Waals surface area (Å²) in [4.78, 5) is 37.9. The van der Waals surface area contributed by atoms with Crippen LogP contribution in [-0.2, 0) is 31.9 Å². The second-order valence-electron chi connectivity index (χ2n) is 7.46. The first-order valence-electron chi connectivity index (χ1n) is 10.4. The Morgan fingerprint density at radius 3 is 2.42 bits per heavy atom. The molecular formula is C23H27NO6S. The molecule has 1 aromatic heterocycles. The van der Waals surface area contributed by atoms with E-state index in [1.165, 1.54) is 11.3 Å². The number of amides is 1. The lowest BCUT2D eigenvalue weighted by molar-refractivity contribution is -0.149. The Hall–Kier alpha value is -2.87. The van der Waals surface area contributed by atoms with E-state index in [2.05, 4.69) is 5.32 Å². The number of nitrogens with one attached hydrogen (secondary N) is 1. The SMILES string of the molecule is CCOC(=O)c1c(NC(=O)COC(=O)COc2cc(C)cc(C)c2)sc2c1CCCC2. The third kappa shape index (κ3) is 6.07. The molecule has 0 unspecified atom stereocenters. The van der Waals surface area contributed by atoms with Crippen molar-refractivity contribution in [1.29, 1.82) is 0 Å². The van der Waals surface area contributed by atoms with Crippen molar-refractivity contribution in [2.45, 2.75) is 46.5 Å². The van der Waals surface area contributed by atoms with Crippen molar-refractivity contribution in [3.8, 4) is 5.75 Å². The maximum Gasteiger partial charge on any atom is 0.344 e. The van der Waals surface area contributed by atoms with Crippen molar-refractivity contribution in [3.63, 3.8) is 0 Å². The number of rotatable bonds is 8. The van der Waals surface area contributed by atoms with Gasteiger partial charge in [0.05, 0.1) is 12.2 Å². The van der Waals surface area contributed by atoms with Gasteiger partial charge >= 0.3 is 11.9 Å². The first-order valence-corrected chi connectivity index (χ1v) is 11.2. The number of aryl methyl sites for hydroxylation is 3. The highest BCUT2D eigenvalue weighted by atomic mass is 32.1. The number of benzene rings is 1. The molecule has 8 heteroatoms. The van der Waals surface area contributed by atoms with Gasteiger partial charge in [0.2, 0.25) is 0 Å². The van der Waals surface area contributed by atoms with E-state index in [9.17, 15) is 14.4 Å². The van der Waals surface area contributed by atoms with Gasteiger partial charge in [-0.1, -0.05) is 6.07 Å². The lowest BCUT2D eigenvalue weighted by Crippen LogP contribution is -2.24. The highest BCUT2D eigenvalue weighted by Crippen LogP contribution is 2.38. The highest BCUT2D eigenvalue weighted by Gasteiger charge is 2.27. The third-order valence-electron chi connectivity index (χ3n) is 4.82. The smallest absolute Gasteiger partial charge is 0.344 e. The largest absolute Gasteiger partial charge is 0.482 e. The van der Waals surface area contributed by atoms with Crippen molar-refractivity contribution in [1.82, 2.24) is 0 Å². The first kappa shape index (κ1) is 22.8. The number of anilines is 1. The predicted octanol–water partition coefficient (Wildman–Crippen LogP) is 3.98. The molecule has 1 heterocycles. The van der Waals surface area contributed by atoms with Gasteiger partial charge in [-0.3, -0.25) is 4.79 Å². The van der Waals surface area contributed by atoms with Gasteiger partial charge < -0.3 is 19.5 Å². The Bertz CT molecular complexity index is 960. The van der Waals surface area contributed by atoms with E-state index in [-0.39, 0.29) is 13.2 Å². The number of ether oxygens (including phenoxy) is 3. The van der Waals surface area contributed by atoms with E-state index >= 15 is 0 Å². The fraction of sp³-hybridized carbons (Fsp3) is 0.435. The van der Waals surface area contributed by atoms with E-state index < -0.39 is 24.5 Å². The van der Waals surface area contributed by atoms with Gasteiger partial charge in [-0.15, -0.1) is 11.3 Å². The van der Waals surface area contributed by atoms with E-state index in [0.717, 1.165) is 47.3 Å². The number of hydrogen-bond acceptors (Lipinski definition) is 7. The number of carbonyl (C=O) groups excluding carboxylic acids is 3. The summed E-state index contributed by atoms with van der Waals surface area (Å²) in [5, 5.41) is 3.17. The van der Waals surface area contributed by atoms with Gasteiger partial charge in [-0.2, -0.15) is 0 Å². The molecule has 0 atom stereocenters. The standard InChI is InChI=1S/C23H27NO6S/c1-4-28-23(27)21-17-7-5-6-8-18(17)31-22(21)24-19(25)12-30-20(26)13-29-16-10-14(2)9-15(3)11-16/h9-11H,4-8,12-13H2,1-3H3,(H,24,25). The molecule has 1 amide bonds. The normalized spacial score (nSPS) is 12.6. The molecule has 0 bridgehead atoms. The lowest BCUT2D eigenvalue weighted by atomic mass is 9.95.